The lowest BCUT2D eigenvalue weighted by molar-refractivity contribution is -0.275. The second kappa shape index (κ2) is 10.3. The summed E-state index contributed by atoms with van der Waals surface area (Å²) in [4.78, 5) is 28.3. The molecule has 3 rings (SSSR count). The SMILES string of the molecule is CNC(=O)N1CC(CC#N)CC(N(C(=O)NCc2cc(F)c(OC(F)(F)F)cc2F)C2CC2)C1. The summed E-state index contributed by atoms with van der Waals surface area (Å²) in [5.41, 5.74) is -0.353. The van der Waals surface area contributed by atoms with E-state index in [-0.39, 0.29) is 48.6 Å². The highest BCUT2D eigenvalue weighted by Gasteiger charge is 2.42. The molecule has 1 aromatic carbocycles. The molecule has 0 aromatic heterocycles. The minimum Gasteiger partial charge on any atom is -0.403 e. The number of rotatable bonds is 6. The number of ether oxygens (including phenoxy) is 1. The van der Waals surface area contributed by atoms with Gasteiger partial charge in [-0.1, -0.05) is 0 Å². The third kappa shape index (κ3) is 6.39. The molecule has 2 unspecified atom stereocenters. The first-order chi connectivity index (χ1) is 16.0. The normalized spacial score (nSPS) is 20.3. The average Bonchev–Trinajstić information content (AvgIpc) is 3.58. The monoisotopic (exact) mass is 489 g/mol. The summed E-state index contributed by atoms with van der Waals surface area (Å²) < 4.78 is 68.6. The highest BCUT2D eigenvalue weighted by molar-refractivity contribution is 5.76. The number of carbonyl (C=O) groups is 2. The first-order valence-electron chi connectivity index (χ1n) is 10.7. The number of piperidine rings is 1. The van der Waals surface area contributed by atoms with Gasteiger partial charge in [-0.2, -0.15) is 5.26 Å². The molecular weight excluding hydrogens is 465 g/mol. The molecule has 1 aliphatic heterocycles. The van der Waals surface area contributed by atoms with Gasteiger partial charge in [-0.25, -0.2) is 18.4 Å². The van der Waals surface area contributed by atoms with Gasteiger partial charge in [0.1, 0.15) is 5.82 Å². The van der Waals surface area contributed by atoms with Crippen molar-refractivity contribution in [2.75, 3.05) is 20.1 Å². The van der Waals surface area contributed by atoms with E-state index in [1.807, 2.05) is 0 Å². The predicted octanol–water partition coefficient (Wildman–Crippen LogP) is 3.48. The van der Waals surface area contributed by atoms with Crippen molar-refractivity contribution >= 4 is 12.1 Å². The van der Waals surface area contributed by atoms with Crippen LogP contribution in [0.5, 0.6) is 5.75 Å². The number of nitrogens with one attached hydrogen (secondary N) is 2. The molecule has 1 aromatic rings. The van der Waals surface area contributed by atoms with Crippen LogP contribution in [0.15, 0.2) is 12.1 Å². The molecule has 2 fully saturated rings. The molecule has 2 N–H and O–H groups in total. The number of nitriles is 1. The Kier molecular flexibility index (Phi) is 7.68. The number of likely N-dealkylation sites (tertiary alicyclic amines) is 1. The van der Waals surface area contributed by atoms with Gasteiger partial charge in [0.15, 0.2) is 11.6 Å². The number of urea groups is 2. The zero-order valence-electron chi connectivity index (χ0n) is 18.3. The molecule has 186 valence electrons. The molecule has 2 atom stereocenters. The molecule has 1 saturated heterocycles. The second-order valence-corrected chi connectivity index (χ2v) is 8.30. The van der Waals surface area contributed by atoms with Gasteiger partial charge in [-0.3, -0.25) is 0 Å². The molecule has 1 heterocycles. The van der Waals surface area contributed by atoms with Gasteiger partial charge < -0.3 is 25.2 Å². The van der Waals surface area contributed by atoms with E-state index >= 15 is 0 Å². The third-order valence-electron chi connectivity index (χ3n) is 5.72. The zero-order valence-corrected chi connectivity index (χ0v) is 18.3. The standard InChI is InChI=1S/C21H24F5N5O3/c1-28-19(32)30-10-12(4-5-27)6-15(11-30)31(14-2-3-14)20(33)29-9-13-7-17(23)18(8-16(13)22)34-21(24,25)26/h7-8,12,14-15H,2-4,6,9-11H2,1H3,(H,28,32)(H,29,33). The molecule has 13 heteroatoms. The molecule has 1 aliphatic carbocycles. The van der Waals surface area contributed by atoms with Gasteiger partial charge in [0.2, 0.25) is 0 Å². The molecule has 1 saturated carbocycles. The fourth-order valence-corrected chi connectivity index (χ4v) is 4.13. The van der Waals surface area contributed by atoms with Crippen LogP contribution in [0.3, 0.4) is 0 Å². The topological polar surface area (TPSA) is 97.7 Å². The van der Waals surface area contributed by atoms with Crippen molar-refractivity contribution in [3.8, 4) is 11.8 Å². The van der Waals surface area contributed by atoms with Crippen LogP contribution in [0.4, 0.5) is 31.5 Å². The molecule has 0 bridgehead atoms. The van der Waals surface area contributed by atoms with Crippen LogP contribution in [0.2, 0.25) is 0 Å². The van der Waals surface area contributed by atoms with Crippen molar-refractivity contribution in [3.05, 3.63) is 29.3 Å². The van der Waals surface area contributed by atoms with Crippen LogP contribution < -0.4 is 15.4 Å². The fourth-order valence-electron chi connectivity index (χ4n) is 4.13. The fraction of sp³-hybridized carbons (Fsp3) is 0.571. The number of hydrogen-bond donors (Lipinski definition) is 2. The maximum atomic E-state index is 14.2. The van der Waals surface area contributed by atoms with Gasteiger partial charge in [0.25, 0.3) is 0 Å². The van der Waals surface area contributed by atoms with Crippen molar-refractivity contribution in [1.29, 1.82) is 5.26 Å². The van der Waals surface area contributed by atoms with Crippen LogP contribution in [0, 0.1) is 28.9 Å². The van der Waals surface area contributed by atoms with Gasteiger partial charge >= 0.3 is 18.4 Å². The van der Waals surface area contributed by atoms with E-state index in [0.29, 0.717) is 19.0 Å². The minimum absolute atomic E-state index is 0.0958. The van der Waals surface area contributed by atoms with Crippen LogP contribution >= 0.6 is 0 Å². The molecule has 4 amide bonds. The molecular formula is C21H24F5N5O3. The Bertz CT molecular complexity index is 963. The molecule has 8 nitrogen and oxygen atoms in total. The van der Waals surface area contributed by atoms with Crippen LogP contribution in [-0.2, 0) is 6.54 Å². The van der Waals surface area contributed by atoms with Gasteiger partial charge in [0, 0.05) is 50.8 Å². The van der Waals surface area contributed by atoms with Crippen LogP contribution in [0.1, 0.15) is 31.2 Å². The Hall–Kier alpha value is -3.30. The van der Waals surface area contributed by atoms with Crippen molar-refractivity contribution in [1.82, 2.24) is 20.4 Å². The summed E-state index contributed by atoms with van der Waals surface area (Å²) in [6, 6.07) is 1.52. The quantitative estimate of drug-likeness (QED) is 0.598. The number of benzene rings is 1. The zero-order chi connectivity index (χ0) is 25.0. The van der Waals surface area contributed by atoms with Gasteiger partial charge in [0.05, 0.1) is 12.1 Å². The van der Waals surface area contributed by atoms with Crippen LogP contribution in [0.25, 0.3) is 0 Å². The summed E-state index contributed by atoms with van der Waals surface area (Å²) in [6.45, 7) is 0.156. The lowest BCUT2D eigenvalue weighted by Crippen LogP contribution is -2.58. The number of amides is 4. The highest BCUT2D eigenvalue weighted by Crippen LogP contribution is 2.34. The largest absolute Gasteiger partial charge is 0.573 e. The Morgan fingerprint density at radius 1 is 1.21 bits per heavy atom. The number of halogens is 5. The van der Waals surface area contributed by atoms with E-state index in [4.69, 9.17) is 5.26 Å². The Morgan fingerprint density at radius 3 is 2.50 bits per heavy atom. The first-order valence-corrected chi connectivity index (χ1v) is 10.7. The van der Waals surface area contributed by atoms with Crippen molar-refractivity contribution in [3.63, 3.8) is 0 Å². The Morgan fingerprint density at radius 2 is 1.91 bits per heavy atom. The van der Waals surface area contributed by atoms with Crippen LogP contribution in [-0.4, -0.2) is 60.4 Å². The van der Waals surface area contributed by atoms with Crippen molar-refractivity contribution < 1.29 is 36.3 Å². The predicted molar refractivity (Wildman–Crippen MR) is 108 cm³/mol. The Labute approximate surface area is 192 Å². The lowest BCUT2D eigenvalue weighted by atomic mass is 9.91. The number of alkyl halides is 3. The Balaban J connectivity index is 1.71. The van der Waals surface area contributed by atoms with Gasteiger partial charge in [-0.15, -0.1) is 13.2 Å². The van der Waals surface area contributed by atoms with Crippen molar-refractivity contribution in [2.24, 2.45) is 5.92 Å². The van der Waals surface area contributed by atoms with E-state index in [1.54, 1.807) is 4.90 Å². The smallest absolute Gasteiger partial charge is 0.403 e. The molecule has 34 heavy (non-hydrogen) atoms. The minimum atomic E-state index is -5.18. The summed E-state index contributed by atoms with van der Waals surface area (Å²) >= 11 is 0. The number of hydrogen-bond acceptors (Lipinski definition) is 4. The number of nitrogens with zero attached hydrogens (tertiary/aromatic N) is 3. The summed E-state index contributed by atoms with van der Waals surface area (Å²) in [5, 5.41) is 14.1. The number of carbonyl (C=O) groups excluding carboxylic acids is 2. The maximum absolute atomic E-state index is 14.2. The van der Waals surface area contributed by atoms with Crippen molar-refractivity contribution in [2.45, 2.75) is 50.7 Å². The first kappa shape index (κ1) is 25.3. The maximum Gasteiger partial charge on any atom is 0.573 e. The molecule has 0 radical (unpaired) electrons. The summed E-state index contributed by atoms with van der Waals surface area (Å²) in [6.07, 6.45) is -3.00. The van der Waals surface area contributed by atoms with E-state index in [0.717, 1.165) is 12.8 Å². The summed E-state index contributed by atoms with van der Waals surface area (Å²) in [7, 11) is 1.48. The third-order valence-corrected chi connectivity index (χ3v) is 5.72. The van der Waals surface area contributed by atoms with E-state index in [1.165, 1.54) is 11.9 Å². The highest BCUT2D eigenvalue weighted by atomic mass is 19.4. The lowest BCUT2D eigenvalue weighted by Gasteiger charge is -2.42. The average molecular weight is 489 g/mol. The van der Waals surface area contributed by atoms with E-state index < -0.39 is 36.3 Å². The summed E-state index contributed by atoms with van der Waals surface area (Å²) in [5.74, 6) is -4.03. The van der Waals surface area contributed by atoms with E-state index in [2.05, 4.69) is 21.4 Å². The van der Waals surface area contributed by atoms with E-state index in [9.17, 15) is 31.5 Å². The molecule has 0 spiro atoms. The van der Waals surface area contributed by atoms with Gasteiger partial charge in [-0.05, 0) is 31.2 Å². The second-order valence-electron chi connectivity index (χ2n) is 8.30. The molecule has 2 aliphatic rings.